The zero-order chi connectivity index (χ0) is 25.8. The van der Waals surface area contributed by atoms with E-state index in [1.165, 1.54) is 11.1 Å². The van der Waals surface area contributed by atoms with Gasteiger partial charge in [-0.1, -0.05) is 72.8 Å². The van der Waals surface area contributed by atoms with Crippen LogP contribution in [0.4, 0.5) is 4.79 Å². The van der Waals surface area contributed by atoms with Gasteiger partial charge in [0.1, 0.15) is 12.7 Å². The van der Waals surface area contributed by atoms with Gasteiger partial charge >= 0.3 is 6.09 Å². The van der Waals surface area contributed by atoms with Gasteiger partial charge in [-0.25, -0.2) is 4.79 Å². The first-order valence-electron chi connectivity index (χ1n) is 12.9. The summed E-state index contributed by atoms with van der Waals surface area (Å²) in [6, 6.07) is 23.4. The number of benzene rings is 3. The maximum Gasteiger partial charge on any atom is 0.407 e. The zero-order valence-corrected chi connectivity index (χ0v) is 20.8. The number of amides is 1. The average Bonchev–Trinajstić information content (AvgIpc) is 3.25. The van der Waals surface area contributed by atoms with Gasteiger partial charge in [-0.2, -0.15) is 0 Å². The summed E-state index contributed by atoms with van der Waals surface area (Å²) in [5.74, 6) is -0.0172. The van der Waals surface area contributed by atoms with E-state index in [4.69, 9.17) is 4.74 Å². The minimum absolute atomic E-state index is 0.0172. The van der Waals surface area contributed by atoms with E-state index in [0.717, 1.165) is 29.8 Å². The quantitative estimate of drug-likeness (QED) is 0.322. The molecule has 7 nitrogen and oxygen atoms in total. The van der Waals surface area contributed by atoms with Crippen LogP contribution < -0.4 is 10.6 Å². The van der Waals surface area contributed by atoms with E-state index in [0.29, 0.717) is 18.4 Å². The Balaban J connectivity index is 1.10. The molecule has 2 aliphatic rings. The third-order valence-electron chi connectivity index (χ3n) is 7.64. The van der Waals surface area contributed by atoms with Crippen molar-refractivity contribution in [3.05, 3.63) is 95.1 Å². The van der Waals surface area contributed by atoms with E-state index >= 15 is 0 Å². The van der Waals surface area contributed by atoms with Crippen molar-refractivity contribution >= 4 is 6.09 Å². The molecular formula is C30H34N2O5. The first-order valence-corrected chi connectivity index (χ1v) is 12.9. The summed E-state index contributed by atoms with van der Waals surface area (Å²) < 4.78 is 5.52. The topological polar surface area (TPSA) is 111 Å². The SMILES string of the molecule is O=C(NCCC(O)C(O)c1ccc(C2(O)CCNCC2)cc1)OCC1c2ccccc2-c2ccccc21. The predicted octanol–water partition coefficient (Wildman–Crippen LogP) is 3.58. The van der Waals surface area contributed by atoms with Gasteiger partial charge in [-0.3, -0.25) is 0 Å². The molecule has 0 aromatic heterocycles. The van der Waals surface area contributed by atoms with Crippen molar-refractivity contribution in [3.8, 4) is 11.1 Å². The second-order valence-electron chi connectivity index (χ2n) is 9.96. The number of aliphatic hydroxyl groups is 3. The molecule has 1 aliphatic heterocycles. The molecule has 0 saturated carbocycles. The van der Waals surface area contributed by atoms with Crippen LogP contribution >= 0.6 is 0 Å². The molecule has 194 valence electrons. The highest BCUT2D eigenvalue weighted by Gasteiger charge is 2.31. The molecule has 3 aromatic carbocycles. The Kier molecular flexibility index (Phi) is 7.58. The van der Waals surface area contributed by atoms with Crippen LogP contribution in [0, 0.1) is 0 Å². The van der Waals surface area contributed by atoms with E-state index in [1.807, 2.05) is 36.4 Å². The van der Waals surface area contributed by atoms with Crippen molar-refractivity contribution in [2.45, 2.75) is 43.0 Å². The van der Waals surface area contributed by atoms with Crippen molar-refractivity contribution in [2.24, 2.45) is 0 Å². The highest BCUT2D eigenvalue weighted by atomic mass is 16.5. The highest BCUT2D eigenvalue weighted by Crippen LogP contribution is 2.44. The van der Waals surface area contributed by atoms with Gasteiger partial charge in [0.25, 0.3) is 0 Å². The molecule has 1 fully saturated rings. The number of piperidine rings is 1. The van der Waals surface area contributed by atoms with E-state index in [2.05, 4.69) is 34.9 Å². The van der Waals surface area contributed by atoms with Crippen LogP contribution in [0.25, 0.3) is 11.1 Å². The second-order valence-corrected chi connectivity index (χ2v) is 9.96. The molecule has 1 heterocycles. The highest BCUT2D eigenvalue weighted by molar-refractivity contribution is 5.79. The molecule has 0 spiro atoms. The fourth-order valence-corrected chi connectivity index (χ4v) is 5.47. The molecule has 2 unspecified atom stereocenters. The van der Waals surface area contributed by atoms with Crippen LogP contribution in [0.1, 0.15) is 53.5 Å². The third-order valence-corrected chi connectivity index (χ3v) is 7.64. The number of fused-ring (bicyclic) bond motifs is 3. The fraction of sp³-hybridized carbons (Fsp3) is 0.367. The van der Waals surface area contributed by atoms with E-state index < -0.39 is 23.9 Å². The van der Waals surface area contributed by atoms with Gasteiger partial charge in [0.2, 0.25) is 0 Å². The van der Waals surface area contributed by atoms with Crippen LogP contribution in [0.15, 0.2) is 72.8 Å². The Labute approximate surface area is 217 Å². The molecule has 0 bridgehead atoms. The number of ether oxygens (including phenoxy) is 1. The summed E-state index contributed by atoms with van der Waals surface area (Å²) in [6.07, 6.45) is -1.26. The molecule has 5 N–H and O–H groups in total. The number of rotatable bonds is 8. The van der Waals surface area contributed by atoms with Gasteiger partial charge in [-0.15, -0.1) is 0 Å². The maximum atomic E-state index is 12.4. The fourth-order valence-electron chi connectivity index (χ4n) is 5.47. The summed E-state index contributed by atoms with van der Waals surface area (Å²) in [5.41, 5.74) is 5.15. The van der Waals surface area contributed by atoms with E-state index in [-0.39, 0.29) is 25.5 Å². The second kappa shape index (κ2) is 11.0. The van der Waals surface area contributed by atoms with Gasteiger partial charge in [0.05, 0.1) is 11.7 Å². The molecule has 1 aliphatic carbocycles. The van der Waals surface area contributed by atoms with E-state index in [1.54, 1.807) is 12.1 Å². The van der Waals surface area contributed by atoms with Crippen molar-refractivity contribution in [2.75, 3.05) is 26.2 Å². The molecule has 0 radical (unpaired) electrons. The number of aliphatic hydroxyl groups excluding tert-OH is 2. The van der Waals surface area contributed by atoms with Crippen molar-refractivity contribution < 1.29 is 24.9 Å². The lowest BCUT2D eigenvalue weighted by Crippen LogP contribution is -2.39. The number of carbonyl (C=O) groups is 1. The third kappa shape index (κ3) is 5.40. The van der Waals surface area contributed by atoms with Crippen LogP contribution in [-0.2, 0) is 10.3 Å². The lowest BCUT2D eigenvalue weighted by Gasteiger charge is -2.33. The summed E-state index contributed by atoms with van der Waals surface area (Å²) in [4.78, 5) is 12.4. The van der Waals surface area contributed by atoms with Gasteiger partial charge < -0.3 is 30.7 Å². The van der Waals surface area contributed by atoms with Gasteiger partial charge in [0.15, 0.2) is 0 Å². The largest absolute Gasteiger partial charge is 0.449 e. The molecule has 3 aromatic rings. The Hall–Kier alpha value is -3.23. The Bertz CT molecular complexity index is 1180. The standard InChI is InChI=1S/C30H34N2O5/c33-27(28(34)20-9-11-21(12-10-20)30(36)14-17-31-18-15-30)13-16-32-29(35)37-19-26-24-7-3-1-5-22(24)23-6-2-4-8-25(23)26/h1-12,26-28,31,33-34,36H,13-19H2,(H,32,35). The Morgan fingerprint density at radius 2 is 1.54 bits per heavy atom. The molecule has 5 rings (SSSR count). The van der Waals surface area contributed by atoms with Crippen LogP contribution in [0.2, 0.25) is 0 Å². The number of hydrogen-bond acceptors (Lipinski definition) is 6. The monoisotopic (exact) mass is 502 g/mol. The molecule has 7 heteroatoms. The Morgan fingerprint density at radius 3 is 2.16 bits per heavy atom. The van der Waals surface area contributed by atoms with Crippen molar-refractivity contribution in [1.82, 2.24) is 10.6 Å². The summed E-state index contributed by atoms with van der Waals surface area (Å²) in [7, 11) is 0. The first kappa shape index (κ1) is 25.4. The number of hydrogen-bond donors (Lipinski definition) is 5. The summed E-state index contributed by atoms with van der Waals surface area (Å²) >= 11 is 0. The maximum absolute atomic E-state index is 12.4. The Morgan fingerprint density at radius 1 is 0.946 bits per heavy atom. The molecule has 37 heavy (non-hydrogen) atoms. The molecule has 1 saturated heterocycles. The zero-order valence-electron chi connectivity index (χ0n) is 20.8. The lowest BCUT2D eigenvalue weighted by atomic mass is 9.84. The number of carbonyl (C=O) groups excluding carboxylic acids is 1. The number of alkyl carbamates (subject to hydrolysis) is 1. The van der Waals surface area contributed by atoms with Gasteiger partial charge in [-0.05, 0) is 65.7 Å². The van der Waals surface area contributed by atoms with Crippen LogP contribution in [-0.4, -0.2) is 53.8 Å². The normalized spacial score (nSPS) is 17.9. The van der Waals surface area contributed by atoms with Crippen LogP contribution in [0.5, 0.6) is 0 Å². The molecular weight excluding hydrogens is 468 g/mol. The van der Waals surface area contributed by atoms with Crippen molar-refractivity contribution in [1.29, 1.82) is 0 Å². The minimum atomic E-state index is -1.10. The summed E-state index contributed by atoms with van der Waals surface area (Å²) in [5, 5.41) is 37.8. The first-order chi connectivity index (χ1) is 18.0. The summed E-state index contributed by atoms with van der Waals surface area (Å²) in [6.45, 7) is 1.91. The number of nitrogens with one attached hydrogen (secondary N) is 2. The van der Waals surface area contributed by atoms with Crippen molar-refractivity contribution in [3.63, 3.8) is 0 Å². The minimum Gasteiger partial charge on any atom is -0.449 e. The van der Waals surface area contributed by atoms with Crippen LogP contribution in [0.3, 0.4) is 0 Å². The smallest absolute Gasteiger partial charge is 0.407 e. The average molecular weight is 503 g/mol. The molecule has 2 atom stereocenters. The van der Waals surface area contributed by atoms with Gasteiger partial charge in [0, 0.05) is 12.5 Å². The van der Waals surface area contributed by atoms with E-state index in [9.17, 15) is 20.1 Å². The molecule has 1 amide bonds. The lowest BCUT2D eigenvalue weighted by molar-refractivity contribution is 0.00523. The predicted molar refractivity (Wildman–Crippen MR) is 141 cm³/mol.